The summed E-state index contributed by atoms with van der Waals surface area (Å²) in [5, 5.41) is 0. The zero-order chi connectivity index (χ0) is 14.0. The van der Waals surface area contributed by atoms with E-state index >= 15 is 0 Å². The van der Waals surface area contributed by atoms with Gasteiger partial charge in [0.15, 0.2) is 0 Å². The molecule has 0 aliphatic carbocycles. The maximum Gasteiger partial charge on any atom is 0.0430 e. The van der Waals surface area contributed by atoms with E-state index in [0.717, 1.165) is 25.4 Å². The van der Waals surface area contributed by atoms with E-state index in [9.17, 15) is 0 Å². The molecule has 1 aromatic rings. The number of hydrogen-bond acceptors (Lipinski definition) is 2. The molecule has 1 unspecified atom stereocenters. The maximum atomic E-state index is 5.75. The Kier molecular flexibility index (Phi) is 4.19. The minimum atomic E-state index is 0.252. The van der Waals surface area contributed by atoms with Crippen LogP contribution in [0, 0.1) is 19.8 Å². The number of piperidine rings is 1. The fourth-order valence-corrected chi connectivity index (χ4v) is 3.39. The quantitative estimate of drug-likeness (QED) is 0.899. The highest BCUT2D eigenvalue weighted by atomic mass is 15.2. The van der Waals surface area contributed by atoms with Gasteiger partial charge in [-0.25, -0.2) is 0 Å². The summed E-state index contributed by atoms with van der Waals surface area (Å²) in [6.07, 6.45) is 3.72. The summed E-state index contributed by atoms with van der Waals surface area (Å²) in [4.78, 5) is 2.63. The van der Waals surface area contributed by atoms with E-state index in [2.05, 4.69) is 50.8 Å². The number of hydrogen-bond donors (Lipinski definition) is 1. The molecular weight excluding hydrogens is 232 g/mol. The molecule has 0 amide bonds. The molecule has 19 heavy (non-hydrogen) atoms. The van der Waals surface area contributed by atoms with Crippen LogP contribution in [0.3, 0.4) is 0 Å². The lowest BCUT2D eigenvalue weighted by atomic mass is 9.82. The van der Waals surface area contributed by atoms with Crippen LogP contribution >= 0.6 is 0 Å². The first-order valence-electron chi connectivity index (χ1n) is 7.49. The van der Waals surface area contributed by atoms with E-state index < -0.39 is 0 Å². The largest absolute Gasteiger partial charge is 0.366 e. The Labute approximate surface area is 118 Å². The zero-order valence-corrected chi connectivity index (χ0v) is 12.9. The smallest absolute Gasteiger partial charge is 0.0430 e. The maximum absolute atomic E-state index is 5.75. The molecule has 106 valence electrons. The lowest BCUT2D eigenvalue weighted by Crippen LogP contribution is -2.51. The molecule has 0 spiro atoms. The second kappa shape index (κ2) is 5.54. The summed E-state index contributed by atoms with van der Waals surface area (Å²) in [7, 11) is 0. The van der Waals surface area contributed by atoms with Crippen molar-refractivity contribution < 1.29 is 0 Å². The second-order valence-electron chi connectivity index (χ2n) is 6.65. The van der Waals surface area contributed by atoms with Crippen molar-refractivity contribution in [3.05, 3.63) is 29.3 Å². The van der Waals surface area contributed by atoms with Crippen LogP contribution in [-0.4, -0.2) is 18.6 Å². The van der Waals surface area contributed by atoms with Crippen LogP contribution in [0.2, 0.25) is 0 Å². The Balaban J connectivity index is 2.33. The third kappa shape index (κ3) is 2.94. The average Bonchev–Trinajstić information content (AvgIpc) is 2.33. The number of benzene rings is 1. The number of para-hydroxylation sites is 1. The summed E-state index contributed by atoms with van der Waals surface area (Å²) in [6, 6.07) is 6.61. The minimum Gasteiger partial charge on any atom is -0.366 e. The molecule has 1 aliphatic heterocycles. The van der Waals surface area contributed by atoms with Gasteiger partial charge >= 0.3 is 0 Å². The lowest BCUT2D eigenvalue weighted by Gasteiger charge is -2.48. The highest BCUT2D eigenvalue weighted by Gasteiger charge is 2.35. The van der Waals surface area contributed by atoms with Crippen molar-refractivity contribution in [1.82, 2.24) is 0 Å². The monoisotopic (exact) mass is 260 g/mol. The van der Waals surface area contributed by atoms with Crippen LogP contribution in [0.5, 0.6) is 0 Å². The first kappa shape index (κ1) is 14.4. The number of aryl methyl sites for hydroxylation is 2. The summed E-state index contributed by atoms with van der Waals surface area (Å²) in [5.74, 6) is 0.747. The number of nitrogens with zero attached hydrogens (tertiary/aromatic N) is 1. The highest BCUT2D eigenvalue weighted by Crippen LogP contribution is 2.38. The van der Waals surface area contributed by atoms with Crippen molar-refractivity contribution in [2.45, 2.75) is 52.5 Å². The molecule has 1 saturated heterocycles. The van der Waals surface area contributed by atoms with Gasteiger partial charge in [-0.1, -0.05) is 18.2 Å². The van der Waals surface area contributed by atoms with Crippen LogP contribution in [-0.2, 0) is 0 Å². The topological polar surface area (TPSA) is 29.3 Å². The zero-order valence-electron chi connectivity index (χ0n) is 12.9. The van der Waals surface area contributed by atoms with Gasteiger partial charge in [-0.3, -0.25) is 0 Å². The Morgan fingerprint density at radius 3 is 2.47 bits per heavy atom. The van der Waals surface area contributed by atoms with E-state index in [-0.39, 0.29) is 5.54 Å². The van der Waals surface area contributed by atoms with Crippen molar-refractivity contribution in [3.63, 3.8) is 0 Å². The van der Waals surface area contributed by atoms with Gasteiger partial charge in [0.05, 0.1) is 0 Å². The first-order chi connectivity index (χ1) is 8.95. The van der Waals surface area contributed by atoms with E-state index in [4.69, 9.17) is 5.73 Å². The third-order valence-corrected chi connectivity index (χ3v) is 4.62. The molecule has 1 heterocycles. The fourth-order valence-electron chi connectivity index (χ4n) is 3.39. The molecule has 1 aliphatic rings. The van der Waals surface area contributed by atoms with Crippen LogP contribution in [0.1, 0.15) is 44.2 Å². The van der Waals surface area contributed by atoms with Crippen molar-refractivity contribution in [2.75, 3.05) is 18.0 Å². The Bertz CT molecular complexity index is 417. The van der Waals surface area contributed by atoms with Crippen LogP contribution in [0.25, 0.3) is 0 Å². The standard InChI is InChI=1S/C17H28N2/c1-13-6-5-7-14(2)16(13)19-12-15(9-11-18)8-10-17(19,3)4/h5-7,15H,8-12,18H2,1-4H3. The lowest BCUT2D eigenvalue weighted by molar-refractivity contribution is 0.281. The first-order valence-corrected chi connectivity index (χ1v) is 7.49. The molecule has 2 heteroatoms. The van der Waals surface area contributed by atoms with E-state index in [1.165, 1.54) is 29.7 Å². The van der Waals surface area contributed by atoms with Gasteiger partial charge < -0.3 is 10.6 Å². The van der Waals surface area contributed by atoms with Crippen molar-refractivity contribution in [2.24, 2.45) is 11.7 Å². The number of nitrogens with two attached hydrogens (primary N) is 1. The normalized spacial score (nSPS) is 22.6. The molecule has 0 aromatic heterocycles. The summed E-state index contributed by atoms with van der Waals surface area (Å²) >= 11 is 0. The third-order valence-electron chi connectivity index (χ3n) is 4.62. The van der Waals surface area contributed by atoms with Crippen molar-refractivity contribution >= 4 is 5.69 Å². The Hall–Kier alpha value is -1.02. The molecular formula is C17H28N2. The summed E-state index contributed by atoms with van der Waals surface area (Å²) in [5.41, 5.74) is 10.2. The molecule has 2 nitrogen and oxygen atoms in total. The number of rotatable bonds is 3. The average molecular weight is 260 g/mol. The summed E-state index contributed by atoms with van der Waals surface area (Å²) in [6.45, 7) is 11.2. The Morgan fingerprint density at radius 1 is 1.26 bits per heavy atom. The molecule has 2 N–H and O–H groups in total. The van der Waals surface area contributed by atoms with Gasteiger partial charge in [0.2, 0.25) is 0 Å². The molecule has 0 saturated carbocycles. The summed E-state index contributed by atoms with van der Waals surface area (Å²) < 4.78 is 0. The molecule has 1 aromatic carbocycles. The Morgan fingerprint density at radius 2 is 1.89 bits per heavy atom. The molecule has 0 radical (unpaired) electrons. The van der Waals surface area contributed by atoms with Gasteiger partial charge in [-0.05, 0) is 70.5 Å². The SMILES string of the molecule is Cc1cccc(C)c1N1CC(CCN)CCC1(C)C. The predicted molar refractivity (Wildman–Crippen MR) is 83.7 cm³/mol. The van der Waals surface area contributed by atoms with Gasteiger partial charge in [0, 0.05) is 17.8 Å². The fraction of sp³-hybridized carbons (Fsp3) is 0.647. The molecule has 1 atom stereocenters. The van der Waals surface area contributed by atoms with E-state index in [0.29, 0.717) is 0 Å². The predicted octanol–water partition coefficient (Wildman–Crippen LogP) is 3.65. The highest BCUT2D eigenvalue weighted by molar-refractivity contribution is 5.60. The van der Waals surface area contributed by atoms with Gasteiger partial charge in [-0.2, -0.15) is 0 Å². The minimum absolute atomic E-state index is 0.252. The van der Waals surface area contributed by atoms with E-state index in [1.54, 1.807) is 0 Å². The van der Waals surface area contributed by atoms with E-state index in [1.807, 2.05) is 0 Å². The van der Waals surface area contributed by atoms with Crippen LogP contribution < -0.4 is 10.6 Å². The molecule has 2 rings (SSSR count). The van der Waals surface area contributed by atoms with Crippen molar-refractivity contribution in [1.29, 1.82) is 0 Å². The van der Waals surface area contributed by atoms with Gasteiger partial charge in [0.1, 0.15) is 0 Å². The molecule has 1 fully saturated rings. The van der Waals surface area contributed by atoms with Gasteiger partial charge in [0.25, 0.3) is 0 Å². The van der Waals surface area contributed by atoms with Gasteiger partial charge in [-0.15, -0.1) is 0 Å². The molecule has 0 bridgehead atoms. The van der Waals surface area contributed by atoms with Crippen LogP contribution in [0.15, 0.2) is 18.2 Å². The second-order valence-corrected chi connectivity index (χ2v) is 6.65. The van der Waals surface area contributed by atoms with Crippen molar-refractivity contribution in [3.8, 4) is 0 Å². The number of anilines is 1. The van der Waals surface area contributed by atoms with Crippen LogP contribution in [0.4, 0.5) is 5.69 Å².